The van der Waals surface area contributed by atoms with Crippen LogP contribution in [0.4, 0.5) is 17.1 Å². The smallest absolute Gasteiger partial charge is 0.269 e. The summed E-state index contributed by atoms with van der Waals surface area (Å²) in [5.74, 6) is 0.0867. The lowest BCUT2D eigenvalue weighted by molar-refractivity contribution is -0.384. The molecule has 0 saturated carbocycles. The number of carbonyl (C=O) groups excluding carboxylic acids is 1. The first-order chi connectivity index (χ1) is 16.2. The van der Waals surface area contributed by atoms with Gasteiger partial charge in [-0.15, -0.1) is 0 Å². The van der Waals surface area contributed by atoms with Crippen molar-refractivity contribution >= 4 is 50.3 Å². The zero-order valence-corrected chi connectivity index (χ0v) is 19.5. The van der Waals surface area contributed by atoms with Crippen LogP contribution >= 0.6 is 12.2 Å². The fourth-order valence-corrected chi connectivity index (χ4v) is 4.06. The molecule has 0 aliphatic carbocycles. The molecule has 3 N–H and O–H groups in total. The van der Waals surface area contributed by atoms with Crippen molar-refractivity contribution in [2.24, 2.45) is 0 Å². The monoisotopic (exact) mass is 500 g/mol. The van der Waals surface area contributed by atoms with Crippen molar-refractivity contribution in [1.29, 1.82) is 0 Å². The number of thiocarbonyl (C=S) groups is 1. The van der Waals surface area contributed by atoms with Crippen LogP contribution in [0.25, 0.3) is 0 Å². The molecule has 0 radical (unpaired) electrons. The van der Waals surface area contributed by atoms with Crippen molar-refractivity contribution in [2.75, 3.05) is 16.6 Å². The molecule has 0 spiro atoms. The van der Waals surface area contributed by atoms with E-state index in [1.807, 2.05) is 6.92 Å². The average molecular weight is 501 g/mol. The molecular formula is C22H20N4O6S2. The molecule has 0 saturated heterocycles. The third-order valence-electron chi connectivity index (χ3n) is 4.41. The number of hydrogen-bond donors (Lipinski definition) is 3. The average Bonchev–Trinajstić information content (AvgIpc) is 2.80. The summed E-state index contributed by atoms with van der Waals surface area (Å²) < 4.78 is 33.1. The number of hydrogen-bond acceptors (Lipinski definition) is 7. The van der Waals surface area contributed by atoms with E-state index in [-0.39, 0.29) is 21.3 Å². The number of nitro groups is 1. The molecule has 0 aliphatic heterocycles. The Balaban J connectivity index is 1.59. The van der Waals surface area contributed by atoms with Crippen LogP contribution in [0.3, 0.4) is 0 Å². The molecule has 1 amide bonds. The van der Waals surface area contributed by atoms with E-state index in [1.165, 1.54) is 48.5 Å². The van der Waals surface area contributed by atoms with E-state index in [9.17, 15) is 23.3 Å². The Kier molecular flexibility index (Phi) is 7.76. The van der Waals surface area contributed by atoms with Gasteiger partial charge < -0.3 is 10.1 Å². The molecule has 0 bridgehead atoms. The first-order valence-corrected chi connectivity index (χ1v) is 11.8. The molecule has 10 nitrogen and oxygen atoms in total. The van der Waals surface area contributed by atoms with Gasteiger partial charge in [-0.3, -0.25) is 24.9 Å². The lowest BCUT2D eigenvalue weighted by Gasteiger charge is -2.12. The summed E-state index contributed by atoms with van der Waals surface area (Å²) in [4.78, 5) is 22.4. The summed E-state index contributed by atoms with van der Waals surface area (Å²) in [6.45, 7) is 2.37. The van der Waals surface area contributed by atoms with Gasteiger partial charge in [0.05, 0.1) is 16.4 Å². The number of sulfonamides is 1. The minimum atomic E-state index is -3.82. The number of ether oxygens (including phenoxy) is 1. The van der Waals surface area contributed by atoms with E-state index in [0.29, 0.717) is 23.7 Å². The molecule has 176 valence electrons. The molecule has 0 atom stereocenters. The van der Waals surface area contributed by atoms with Crippen LogP contribution in [0.2, 0.25) is 0 Å². The Bertz CT molecular complexity index is 1290. The highest BCUT2D eigenvalue weighted by atomic mass is 32.2. The molecule has 3 aromatic carbocycles. The van der Waals surface area contributed by atoms with Crippen molar-refractivity contribution in [1.82, 2.24) is 5.32 Å². The largest absolute Gasteiger partial charge is 0.494 e. The quantitative estimate of drug-likeness (QED) is 0.240. The number of rotatable bonds is 8. The number of amides is 1. The summed E-state index contributed by atoms with van der Waals surface area (Å²) in [5, 5.41) is 15.9. The second kappa shape index (κ2) is 10.7. The van der Waals surface area contributed by atoms with Gasteiger partial charge in [0.1, 0.15) is 5.75 Å². The minimum absolute atomic E-state index is 0.0218. The Morgan fingerprint density at radius 3 is 2.12 bits per heavy atom. The fraction of sp³-hybridized carbons (Fsp3) is 0.0909. The number of nitro benzene ring substituents is 1. The van der Waals surface area contributed by atoms with Gasteiger partial charge in [-0.2, -0.15) is 0 Å². The second-order valence-corrected chi connectivity index (χ2v) is 8.89. The van der Waals surface area contributed by atoms with Gasteiger partial charge in [0.25, 0.3) is 21.6 Å². The van der Waals surface area contributed by atoms with Crippen molar-refractivity contribution in [2.45, 2.75) is 11.8 Å². The molecule has 34 heavy (non-hydrogen) atoms. The number of nitrogens with one attached hydrogen (secondary N) is 3. The summed E-state index contributed by atoms with van der Waals surface area (Å²) in [5.41, 5.74) is 0.899. The molecular weight excluding hydrogens is 480 g/mol. The maximum atomic E-state index is 12.6. The summed E-state index contributed by atoms with van der Waals surface area (Å²) >= 11 is 5.11. The summed E-state index contributed by atoms with van der Waals surface area (Å²) in [7, 11) is -3.82. The van der Waals surface area contributed by atoms with Gasteiger partial charge in [-0.05, 0) is 79.8 Å². The predicted octanol–water partition coefficient (Wildman–Crippen LogP) is 3.92. The van der Waals surface area contributed by atoms with Crippen LogP contribution in [0.1, 0.15) is 17.3 Å². The van der Waals surface area contributed by atoms with Crippen molar-refractivity contribution in [3.05, 3.63) is 88.5 Å². The van der Waals surface area contributed by atoms with Gasteiger partial charge in [0, 0.05) is 29.1 Å². The van der Waals surface area contributed by atoms with Crippen LogP contribution < -0.4 is 20.1 Å². The molecule has 0 fully saturated rings. The molecule has 0 aliphatic rings. The molecule has 3 rings (SSSR count). The maximum absolute atomic E-state index is 12.6. The Morgan fingerprint density at radius 1 is 0.971 bits per heavy atom. The number of anilines is 2. The van der Waals surface area contributed by atoms with E-state index in [0.717, 1.165) is 0 Å². The van der Waals surface area contributed by atoms with Crippen LogP contribution in [0.5, 0.6) is 5.75 Å². The predicted molar refractivity (Wildman–Crippen MR) is 132 cm³/mol. The lowest BCUT2D eigenvalue weighted by atomic mass is 10.2. The Morgan fingerprint density at radius 2 is 1.56 bits per heavy atom. The van der Waals surface area contributed by atoms with E-state index in [4.69, 9.17) is 17.0 Å². The normalized spacial score (nSPS) is 10.7. The highest BCUT2D eigenvalue weighted by Crippen LogP contribution is 2.21. The van der Waals surface area contributed by atoms with Gasteiger partial charge in [0.2, 0.25) is 0 Å². The number of nitrogens with zero attached hydrogens (tertiary/aromatic N) is 1. The second-order valence-electron chi connectivity index (χ2n) is 6.80. The third kappa shape index (κ3) is 6.49. The summed E-state index contributed by atoms with van der Waals surface area (Å²) in [6.07, 6.45) is 0. The third-order valence-corrected chi connectivity index (χ3v) is 6.01. The number of non-ortho nitro benzene ring substituents is 1. The van der Waals surface area contributed by atoms with Crippen LogP contribution in [0.15, 0.2) is 77.7 Å². The van der Waals surface area contributed by atoms with Gasteiger partial charge >= 0.3 is 0 Å². The molecule has 3 aromatic rings. The highest BCUT2D eigenvalue weighted by molar-refractivity contribution is 7.92. The summed E-state index contributed by atoms with van der Waals surface area (Å²) in [6, 6.07) is 17.4. The van der Waals surface area contributed by atoms with E-state index >= 15 is 0 Å². The zero-order chi connectivity index (χ0) is 24.7. The van der Waals surface area contributed by atoms with Gasteiger partial charge in [-0.1, -0.05) is 0 Å². The lowest BCUT2D eigenvalue weighted by Crippen LogP contribution is -2.34. The van der Waals surface area contributed by atoms with E-state index in [2.05, 4.69) is 15.4 Å². The van der Waals surface area contributed by atoms with Crippen molar-refractivity contribution in [3.63, 3.8) is 0 Å². The van der Waals surface area contributed by atoms with Crippen molar-refractivity contribution < 1.29 is 22.9 Å². The maximum Gasteiger partial charge on any atom is 0.269 e. The van der Waals surface area contributed by atoms with Gasteiger partial charge in [-0.25, -0.2) is 8.42 Å². The zero-order valence-electron chi connectivity index (χ0n) is 17.8. The van der Waals surface area contributed by atoms with E-state index < -0.39 is 20.9 Å². The van der Waals surface area contributed by atoms with Crippen molar-refractivity contribution in [3.8, 4) is 5.75 Å². The Hall–Kier alpha value is -4.03. The molecule has 0 heterocycles. The highest BCUT2D eigenvalue weighted by Gasteiger charge is 2.15. The van der Waals surface area contributed by atoms with Gasteiger partial charge in [0.15, 0.2) is 5.11 Å². The van der Waals surface area contributed by atoms with Crippen LogP contribution in [-0.4, -0.2) is 31.0 Å². The SMILES string of the molecule is CCOc1ccc(NS(=O)(=O)c2ccc(NC(=S)NC(=O)c3ccc([N+](=O)[O-])cc3)cc2)cc1. The number of benzene rings is 3. The molecule has 0 unspecified atom stereocenters. The topological polar surface area (TPSA) is 140 Å². The molecule has 12 heteroatoms. The van der Waals surface area contributed by atoms with Crippen LogP contribution in [-0.2, 0) is 10.0 Å². The number of carbonyl (C=O) groups is 1. The van der Waals surface area contributed by atoms with Crippen LogP contribution in [0, 0.1) is 10.1 Å². The standard InChI is InChI=1S/C22H20N4O6S2/c1-2-32-19-11-5-17(6-12-19)25-34(30,31)20-13-7-16(8-14-20)23-22(33)24-21(27)15-3-9-18(10-4-15)26(28)29/h3-14,25H,2H2,1H3,(H2,23,24,27,33). The first-order valence-electron chi connectivity index (χ1n) is 9.90. The molecule has 0 aromatic heterocycles. The fourth-order valence-electron chi connectivity index (χ4n) is 2.79. The Labute approximate surface area is 201 Å². The van der Waals surface area contributed by atoms with E-state index in [1.54, 1.807) is 24.3 Å². The first kappa shape index (κ1) is 24.6. The minimum Gasteiger partial charge on any atom is -0.494 e.